The van der Waals surface area contributed by atoms with Crippen LogP contribution in [0.15, 0.2) is 48.7 Å². The molecule has 1 aliphatic carbocycles. The number of pyridine rings is 1. The fourth-order valence-corrected chi connectivity index (χ4v) is 4.66. The van der Waals surface area contributed by atoms with Crippen molar-refractivity contribution in [2.45, 2.75) is 24.4 Å². The van der Waals surface area contributed by atoms with Gasteiger partial charge in [-0.05, 0) is 43.2 Å². The molecule has 6 rings (SSSR count). The lowest BCUT2D eigenvalue weighted by atomic mass is 9.85. The molecule has 0 radical (unpaired) electrons. The Labute approximate surface area is 156 Å². The fourth-order valence-electron chi connectivity index (χ4n) is 4.66. The lowest BCUT2D eigenvalue weighted by Crippen LogP contribution is -2.54. The van der Waals surface area contributed by atoms with Crippen molar-refractivity contribution in [1.29, 1.82) is 5.26 Å². The Morgan fingerprint density at radius 2 is 2.15 bits per heavy atom. The highest BCUT2D eigenvalue weighted by Gasteiger charge is 2.56. The number of para-hydroxylation sites is 1. The van der Waals surface area contributed by atoms with E-state index in [4.69, 9.17) is 0 Å². The molecule has 4 heterocycles. The van der Waals surface area contributed by atoms with E-state index in [9.17, 15) is 5.26 Å². The Morgan fingerprint density at radius 1 is 1.26 bits per heavy atom. The van der Waals surface area contributed by atoms with Gasteiger partial charge in [0, 0.05) is 11.3 Å². The zero-order valence-corrected chi connectivity index (χ0v) is 14.7. The van der Waals surface area contributed by atoms with E-state index in [1.807, 2.05) is 40.9 Å². The van der Waals surface area contributed by atoms with Gasteiger partial charge in [-0.3, -0.25) is 0 Å². The highest BCUT2D eigenvalue weighted by atomic mass is 15.3. The molecule has 1 saturated heterocycles. The summed E-state index contributed by atoms with van der Waals surface area (Å²) < 4.78 is 1.85. The minimum atomic E-state index is -0.0775. The first kappa shape index (κ1) is 14.8. The minimum absolute atomic E-state index is 0.0775. The van der Waals surface area contributed by atoms with Crippen LogP contribution in [0.2, 0.25) is 0 Å². The molecule has 1 fully saturated rings. The third-order valence-corrected chi connectivity index (χ3v) is 5.95. The molecule has 2 aromatic heterocycles. The lowest BCUT2D eigenvalue weighted by molar-refractivity contribution is 0.380. The van der Waals surface area contributed by atoms with E-state index in [0.717, 1.165) is 47.7 Å². The third kappa shape index (κ3) is 1.89. The molecule has 1 aromatic carbocycles. The van der Waals surface area contributed by atoms with Crippen LogP contribution < -0.4 is 16.0 Å². The summed E-state index contributed by atoms with van der Waals surface area (Å²) in [4.78, 5) is 0. The van der Waals surface area contributed by atoms with Gasteiger partial charge in [-0.2, -0.15) is 10.4 Å². The molecule has 3 aromatic rings. The molecule has 2 atom stereocenters. The largest absolute Gasteiger partial charge is 0.378 e. The average molecular weight is 354 g/mol. The molecule has 2 aliphatic heterocycles. The second kappa shape index (κ2) is 5.12. The maximum Gasteiger partial charge on any atom is 0.142 e. The Balaban J connectivity index is 1.62. The topological polar surface area (TPSA) is 77.2 Å². The maximum absolute atomic E-state index is 9.90. The van der Waals surface area contributed by atoms with Gasteiger partial charge >= 0.3 is 0 Å². The number of nitrogens with one attached hydrogen (secondary N) is 3. The van der Waals surface area contributed by atoms with Crippen molar-refractivity contribution < 1.29 is 0 Å². The van der Waals surface area contributed by atoms with Crippen molar-refractivity contribution >= 4 is 28.3 Å². The average Bonchev–Trinajstić information content (AvgIpc) is 3.21. The van der Waals surface area contributed by atoms with Gasteiger partial charge in [-0.1, -0.05) is 24.3 Å². The standard InChI is InChI=1S/C21H18N6/c22-12-14-16-8-10-24-27(16)20(25-13-5-2-1-3-6-13)18-15-11-21(15)17(26-19(14)18)7-4-9-23-21/h1-3,5-6,8,10-11,17,23,25-26H,4,7,9H2/t17-,21?/m0/s1. The van der Waals surface area contributed by atoms with Crippen molar-refractivity contribution in [2.24, 2.45) is 0 Å². The lowest BCUT2D eigenvalue weighted by Gasteiger charge is -2.40. The van der Waals surface area contributed by atoms with Crippen LogP contribution in [0.5, 0.6) is 0 Å². The van der Waals surface area contributed by atoms with Gasteiger partial charge in [0.15, 0.2) is 0 Å². The summed E-state index contributed by atoms with van der Waals surface area (Å²) in [5.41, 5.74) is 5.65. The van der Waals surface area contributed by atoms with E-state index in [2.05, 4.69) is 33.2 Å². The minimum Gasteiger partial charge on any atom is -0.378 e. The van der Waals surface area contributed by atoms with Gasteiger partial charge in [-0.15, -0.1) is 0 Å². The van der Waals surface area contributed by atoms with Crippen LogP contribution in [0, 0.1) is 11.3 Å². The fraction of sp³-hybridized carbons (Fsp3) is 0.238. The molecular formula is C21H18N6. The summed E-state index contributed by atoms with van der Waals surface area (Å²) in [6.07, 6.45) is 6.30. The van der Waals surface area contributed by atoms with E-state index in [0.29, 0.717) is 11.6 Å². The van der Waals surface area contributed by atoms with Crippen molar-refractivity contribution in [3.05, 3.63) is 59.8 Å². The summed E-state index contributed by atoms with van der Waals surface area (Å²) in [6.45, 7) is 1.02. The summed E-state index contributed by atoms with van der Waals surface area (Å²) in [5, 5.41) is 25.3. The molecule has 3 N–H and O–H groups in total. The van der Waals surface area contributed by atoms with E-state index < -0.39 is 0 Å². The van der Waals surface area contributed by atoms with Gasteiger partial charge in [0.1, 0.15) is 17.5 Å². The quantitative estimate of drug-likeness (QED) is 0.658. The van der Waals surface area contributed by atoms with Crippen LogP contribution >= 0.6 is 0 Å². The second-order valence-electron chi connectivity index (χ2n) is 7.40. The first-order valence-corrected chi connectivity index (χ1v) is 9.33. The molecule has 0 saturated carbocycles. The summed E-state index contributed by atoms with van der Waals surface area (Å²) in [7, 11) is 0. The normalized spacial score (nSPS) is 24.7. The van der Waals surface area contributed by atoms with Gasteiger partial charge in [0.05, 0.1) is 29.0 Å². The number of nitrogens with zero attached hydrogens (tertiary/aromatic N) is 3. The highest BCUT2D eigenvalue weighted by Crippen LogP contribution is 2.57. The SMILES string of the molecule is N#Cc1c2c(c(Nc3ccccc3)n3nccc13)C1=CC13NCCC[C@@H]3N2. The number of benzene rings is 1. The van der Waals surface area contributed by atoms with Crippen molar-refractivity contribution in [3.8, 4) is 6.07 Å². The molecule has 27 heavy (non-hydrogen) atoms. The monoisotopic (exact) mass is 354 g/mol. The predicted octanol–water partition coefficient (Wildman–Crippen LogP) is 3.26. The van der Waals surface area contributed by atoms with Gasteiger partial charge in [0.2, 0.25) is 0 Å². The summed E-state index contributed by atoms with van der Waals surface area (Å²) >= 11 is 0. The molecule has 1 spiro atoms. The van der Waals surface area contributed by atoms with E-state index in [1.54, 1.807) is 6.20 Å². The number of hydrogen-bond donors (Lipinski definition) is 3. The van der Waals surface area contributed by atoms with Crippen molar-refractivity contribution in [1.82, 2.24) is 14.9 Å². The van der Waals surface area contributed by atoms with Crippen LogP contribution in [0.1, 0.15) is 24.0 Å². The molecule has 6 nitrogen and oxygen atoms in total. The van der Waals surface area contributed by atoms with E-state index in [1.165, 1.54) is 5.57 Å². The maximum atomic E-state index is 9.90. The van der Waals surface area contributed by atoms with Crippen LogP contribution in [-0.4, -0.2) is 27.7 Å². The third-order valence-electron chi connectivity index (χ3n) is 5.95. The highest BCUT2D eigenvalue weighted by molar-refractivity contribution is 6.05. The first-order valence-electron chi connectivity index (χ1n) is 9.33. The predicted molar refractivity (Wildman–Crippen MR) is 105 cm³/mol. The Bertz CT molecular complexity index is 1150. The molecule has 0 amide bonds. The molecule has 0 bridgehead atoms. The Kier molecular flexibility index (Phi) is 2.81. The first-order chi connectivity index (χ1) is 13.3. The van der Waals surface area contributed by atoms with Gasteiger partial charge in [0.25, 0.3) is 0 Å². The van der Waals surface area contributed by atoms with Gasteiger partial charge in [-0.25, -0.2) is 4.52 Å². The number of hydrogen-bond acceptors (Lipinski definition) is 5. The van der Waals surface area contributed by atoms with Crippen molar-refractivity contribution in [2.75, 3.05) is 17.2 Å². The number of rotatable bonds is 2. The Morgan fingerprint density at radius 3 is 3.00 bits per heavy atom. The van der Waals surface area contributed by atoms with Crippen molar-refractivity contribution in [3.63, 3.8) is 0 Å². The van der Waals surface area contributed by atoms with Gasteiger partial charge < -0.3 is 16.0 Å². The second-order valence-corrected chi connectivity index (χ2v) is 7.40. The molecule has 1 unspecified atom stereocenters. The zero-order valence-electron chi connectivity index (χ0n) is 14.7. The number of anilines is 3. The molecular weight excluding hydrogens is 336 g/mol. The molecule has 6 heteroatoms. The van der Waals surface area contributed by atoms with Crippen LogP contribution in [0.4, 0.5) is 17.2 Å². The Hall–Kier alpha value is -3.30. The van der Waals surface area contributed by atoms with Crippen LogP contribution in [0.25, 0.3) is 11.1 Å². The van der Waals surface area contributed by atoms with E-state index >= 15 is 0 Å². The zero-order chi connectivity index (χ0) is 18.0. The molecule has 3 aliphatic rings. The smallest absolute Gasteiger partial charge is 0.142 e. The molecule has 132 valence electrons. The van der Waals surface area contributed by atoms with Crippen LogP contribution in [-0.2, 0) is 0 Å². The summed E-state index contributed by atoms with van der Waals surface area (Å²) in [5.74, 6) is 0.900. The number of fused-ring (bicyclic) bond motifs is 3. The van der Waals surface area contributed by atoms with E-state index in [-0.39, 0.29) is 5.54 Å². The number of aromatic nitrogens is 2. The summed E-state index contributed by atoms with van der Waals surface area (Å²) in [6, 6.07) is 14.7. The van der Waals surface area contributed by atoms with Crippen LogP contribution in [0.3, 0.4) is 0 Å². The number of nitriles is 1. The number of piperidine rings is 1.